The number of piperazine rings is 1. The van der Waals surface area contributed by atoms with Gasteiger partial charge < -0.3 is 20.9 Å². The third kappa shape index (κ3) is 7.66. The normalized spacial score (nSPS) is 16.7. The second-order valence-corrected chi connectivity index (χ2v) is 8.67. The fraction of sp³-hybridized carbons (Fsp3) is 0.636. The third-order valence-electron chi connectivity index (χ3n) is 5.32. The van der Waals surface area contributed by atoms with Crippen LogP contribution in [0, 0.1) is 11.8 Å². The van der Waals surface area contributed by atoms with Crippen LogP contribution in [0.3, 0.4) is 0 Å². The third-order valence-corrected chi connectivity index (χ3v) is 5.32. The Labute approximate surface area is 175 Å². The molecule has 1 unspecified atom stereocenters. The van der Waals surface area contributed by atoms with Crippen LogP contribution in [0.5, 0.6) is 0 Å². The van der Waals surface area contributed by atoms with E-state index in [0.29, 0.717) is 42.2 Å². The molecule has 0 spiro atoms. The van der Waals surface area contributed by atoms with Crippen molar-refractivity contribution in [2.45, 2.75) is 33.7 Å². The van der Waals surface area contributed by atoms with Gasteiger partial charge in [0.1, 0.15) is 0 Å². The summed E-state index contributed by atoms with van der Waals surface area (Å²) in [5.41, 5.74) is 1.26. The Morgan fingerprint density at radius 2 is 1.55 bits per heavy atom. The van der Waals surface area contributed by atoms with Crippen molar-refractivity contribution in [1.29, 1.82) is 0 Å². The average molecular weight is 404 g/mol. The van der Waals surface area contributed by atoms with Crippen molar-refractivity contribution in [3.63, 3.8) is 0 Å². The minimum atomic E-state index is -0.221. The molecule has 29 heavy (non-hydrogen) atoms. The van der Waals surface area contributed by atoms with Crippen LogP contribution >= 0.6 is 0 Å². The Hall–Kier alpha value is -2.12. The molecule has 1 aromatic rings. The van der Waals surface area contributed by atoms with Crippen LogP contribution in [0.15, 0.2) is 24.3 Å². The number of carbonyl (C=O) groups excluding carboxylic acids is 2. The second-order valence-electron chi connectivity index (χ2n) is 8.67. The van der Waals surface area contributed by atoms with E-state index in [1.54, 1.807) is 24.3 Å². The van der Waals surface area contributed by atoms with E-state index >= 15 is 0 Å². The highest BCUT2D eigenvalue weighted by atomic mass is 16.2. The molecule has 1 atom stereocenters. The minimum Gasteiger partial charge on any atom is -0.352 e. The fourth-order valence-corrected chi connectivity index (χ4v) is 3.42. The van der Waals surface area contributed by atoms with Crippen molar-refractivity contribution in [2.75, 3.05) is 51.6 Å². The van der Waals surface area contributed by atoms with Crippen molar-refractivity contribution in [3.8, 4) is 0 Å². The van der Waals surface area contributed by atoms with E-state index in [2.05, 4.69) is 60.5 Å². The average Bonchev–Trinajstić information content (AvgIpc) is 2.68. The summed E-state index contributed by atoms with van der Waals surface area (Å²) in [7, 11) is 2.15. The van der Waals surface area contributed by atoms with E-state index in [-0.39, 0.29) is 11.9 Å². The van der Waals surface area contributed by atoms with Gasteiger partial charge in [-0.05, 0) is 43.1 Å². The summed E-state index contributed by atoms with van der Waals surface area (Å²) in [6.45, 7) is 14.0. The van der Waals surface area contributed by atoms with Gasteiger partial charge in [0.15, 0.2) is 0 Å². The minimum absolute atomic E-state index is 0.0957. The van der Waals surface area contributed by atoms with E-state index in [4.69, 9.17) is 0 Å². The van der Waals surface area contributed by atoms with Crippen molar-refractivity contribution < 1.29 is 9.59 Å². The predicted molar refractivity (Wildman–Crippen MR) is 118 cm³/mol. The Kier molecular flexibility index (Phi) is 8.92. The molecule has 1 fully saturated rings. The highest BCUT2D eigenvalue weighted by molar-refractivity contribution is 5.95. The summed E-state index contributed by atoms with van der Waals surface area (Å²) < 4.78 is 0. The fourth-order valence-electron chi connectivity index (χ4n) is 3.42. The topological polar surface area (TPSA) is 76.7 Å². The van der Waals surface area contributed by atoms with Crippen molar-refractivity contribution in [3.05, 3.63) is 29.8 Å². The van der Waals surface area contributed by atoms with Gasteiger partial charge in [-0.25, -0.2) is 4.79 Å². The van der Waals surface area contributed by atoms with E-state index < -0.39 is 0 Å². The number of nitrogens with one attached hydrogen (secondary N) is 3. The van der Waals surface area contributed by atoms with Gasteiger partial charge in [0.05, 0.1) is 0 Å². The lowest BCUT2D eigenvalue weighted by atomic mass is 10.0. The zero-order valence-electron chi connectivity index (χ0n) is 18.5. The van der Waals surface area contributed by atoms with Crippen LogP contribution in [0.4, 0.5) is 10.5 Å². The molecule has 1 aromatic carbocycles. The molecule has 0 saturated carbocycles. The Balaban J connectivity index is 1.82. The summed E-state index contributed by atoms with van der Waals surface area (Å²) in [5, 5.41) is 8.75. The number of urea groups is 1. The van der Waals surface area contributed by atoms with Gasteiger partial charge in [-0.15, -0.1) is 0 Å². The molecule has 7 nitrogen and oxygen atoms in total. The van der Waals surface area contributed by atoms with Gasteiger partial charge in [-0.3, -0.25) is 9.69 Å². The summed E-state index contributed by atoms with van der Waals surface area (Å²) >= 11 is 0. The molecule has 3 N–H and O–H groups in total. The maximum absolute atomic E-state index is 12.3. The zero-order chi connectivity index (χ0) is 21.4. The number of nitrogens with zero attached hydrogens (tertiary/aromatic N) is 2. The van der Waals surface area contributed by atoms with Crippen LogP contribution < -0.4 is 16.0 Å². The molecule has 2 rings (SSSR count). The Bertz CT molecular complexity index is 652. The number of amides is 3. The second kappa shape index (κ2) is 11.2. The smallest absolute Gasteiger partial charge is 0.319 e. The maximum atomic E-state index is 12.3. The molecule has 0 bridgehead atoms. The standard InChI is InChI=1S/C22H37N5O2/c1-16(2)14-23-21(28)18-6-8-19(9-7-18)25-22(29)24-15-20(17(3)4)27-12-10-26(5)11-13-27/h6-9,16-17,20H,10-15H2,1-5H3,(H,23,28)(H2,24,25,29). The molecule has 0 aromatic heterocycles. The highest BCUT2D eigenvalue weighted by Gasteiger charge is 2.25. The molecule has 1 saturated heterocycles. The van der Waals surface area contributed by atoms with Crippen LogP contribution in [-0.2, 0) is 0 Å². The van der Waals surface area contributed by atoms with E-state index in [1.807, 2.05) is 0 Å². The molecular weight excluding hydrogens is 366 g/mol. The van der Waals surface area contributed by atoms with E-state index in [9.17, 15) is 9.59 Å². The van der Waals surface area contributed by atoms with Crippen LogP contribution in [-0.4, -0.2) is 74.1 Å². The Morgan fingerprint density at radius 3 is 2.10 bits per heavy atom. The quantitative estimate of drug-likeness (QED) is 0.623. The lowest BCUT2D eigenvalue weighted by molar-refractivity contribution is 0.0890. The van der Waals surface area contributed by atoms with Gasteiger partial charge in [0, 0.05) is 56.6 Å². The van der Waals surface area contributed by atoms with Crippen LogP contribution in [0.1, 0.15) is 38.1 Å². The van der Waals surface area contributed by atoms with Gasteiger partial charge in [0.2, 0.25) is 0 Å². The molecule has 1 aliphatic rings. The SMILES string of the molecule is CC(C)CNC(=O)c1ccc(NC(=O)NCC(C(C)C)N2CCN(C)CC2)cc1. The summed E-state index contributed by atoms with van der Waals surface area (Å²) in [6, 6.07) is 7.07. The predicted octanol–water partition coefficient (Wildman–Crippen LogP) is 2.47. The maximum Gasteiger partial charge on any atom is 0.319 e. The zero-order valence-corrected chi connectivity index (χ0v) is 18.5. The number of likely N-dealkylation sites (N-methyl/N-ethyl adjacent to an activating group) is 1. The summed E-state index contributed by atoms with van der Waals surface area (Å²) in [4.78, 5) is 29.2. The van der Waals surface area contributed by atoms with E-state index in [0.717, 1.165) is 26.2 Å². The summed E-state index contributed by atoms with van der Waals surface area (Å²) in [5.74, 6) is 0.771. The molecule has 162 valence electrons. The van der Waals surface area contributed by atoms with Gasteiger partial charge in [0.25, 0.3) is 5.91 Å². The van der Waals surface area contributed by atoms with Gasteiger partial charge in [-0.2, -0.15) is 0 Å². The first kappa shape index (κ1) is 23.2. The largest absolute Gasteiger partial charge is 0.352 e. The first-order valence-corrected chi connectivity index (χ1v) is 10.6. The van der Waals surface area contributed by atoms with Crippen molar-refractivity contribution in [1.82, 2.24) is 20.4 Å². The Morgan fingerprint density at radius 1 is 0.931 bits per heavy atom. The first-order chi connectivity index (χ1) is 13.8. The molecule has 1 heterocycles. The lowest BCUT2D eigenvalue weighted by Gasteiger charge is -2.39. The monoisotopic (exact) mass is 403 g/mol. The van der Waals surface area contributed by atoms with Crippen molar-refractivity contribution in [2.24, 2.45) is 11.8 Å². The number of hydrogen-bond acceptors (Lipinski definition) is 4. The number of carbonyl (C=O) groups is 2. The van der Waals surface area contributed by atoms with E-state index in [1.165, 1.54) is 0 Å². The van der Waals surface area contributed by atoms with Gasteiger partial charge in [-0.1, -0.05) is 27.7 Å². The van der Waals surface area contributed by atoms with Crippen molar-refractivity contribution >= 4 is 17.6 Å². The van der Waals surface area contributed by atoms with Gasteiger partial charge >= 0.3 is 6.03 Å². The number of rotatable bonds is 8. The lowest BCUT2D eigenvalue weighted by Crippen LogP contribution is -2.54. The molecule has 0 aliphatic carbocycles. The molecule has 3 amide bonds. The molecular formula is C22H37N5O2. The molecule has 7 heteroatoms. The van der Waals surface area contributed by atoms with Crippen LogP contribution in [0.2, 0.25) is 0 Å². The number of anilines is 1. The number of benzene rings is 1. The highest BCUT2D eigenvalue weighted by Crippen LogP contribution is 2.13. The summed E-state index contributed by atoms with van der Waals surface area (Å²) in [6.07, 6.45) is 0. The molecule has 1 aliphatic heterocycles. The van der Waals surface area contributed by atoms with Crippen LogP contribution in [0.25, 0.3) is 0 Å². The molecule has 0 radical (unpaired) electrons. The number of hydrogen-bond donors (Lipinski definition) is 3. The first-order valence-electron chi connectivity index (χ1n) is 10.6.